The van der Waals surface area contributed by atoms with E-state index in [4.69, 9.17) is 5.11 Å². The second kappa shape index (κ2) is 5.80. The normalized spacial score (nSPS) is 18.2. The molecule has 1 aliphatic carbocycles. The van der Waals surface area contributed by atoms with Crippen LogP contribution in [0.1, 0.15) is 38.5 Å². The van der Waals surface area contributed by atoms with Gasteiger partial charge in [-0.05, 0) is 24.3 Å². The molecule has 0 aromatic carbocycles. The molecule has 5 nitrogen and oxygen atoms in total. The maximum Gasteiger partial charge on any atom is 0.303 e. The molecular weight excluding hydrogens is 230 g/mol. The minimum atomic E-state index is -0.715. The van der Waals surface area contributed by atoms with Crippen LogP contribution in [0.3, 0.4) is 0 Å². The van der Waals surface area contributed by atoms with Gasteiger partial charge >= 0.3 is 5.97 Å². The Balaban J connectivity index is 1.99. The zero-order valence-electron chi connectivity index (χ0n) is 10.4. The minimum Gasteiger partial charge on any atom is -0.481 e. The molecule has 98 valence electrons. The molecule has 0 saturated heterocycles. The maximum atomic E-state index is 11.0. The van der Waals surface area contributed by atoms with E-state index in [2.05, 4.69) is 15.3 Å². The largest absolute Gasteiger partial charge is 0.481 e. The Labute approximate surface area is 107 Å². The molecule has 0 atom stereocenters. The molecule has 1 saturated carbocycles. The van der Waals surface area contributed by atoms with E-state index < -0.39 is 5.97 Å². The highest BCUT2D eigenvalue weighted by atomic mass is 16.4. The van der Waals surface area contributed by atoms with E-state index in [1.807, 2.05) is 0 Å². The standard InChI is InChI=1S/C13H19N3O2/c17-11(18)9-13(5-2-1-3-6-13)10-16-12-14-7-4-8-15-12/h4,7-8H,1-3,5-6,9-10H2,(H,17,18)(H,14,15,16). The molecule has 1 fully saturated rings. The van der Waals surface area contributed by atoms with Crippen LogP contribution in [0.2, 0.25) is 0 Å². The predicted octanol–water partition coefficient (Wildman–Crippen LogP) is 2.31. The molecule has 18 heavy (non-hydrogen) atoms. The second-order valence-corrected chi connectivity index (χ2v) is 5.06. The van der Waals surface area contributed by atoms with Crippen LogP contribution in [0.4, 0.5) is 5.95 Å². The second-order valence-electron chi connectivity index (χ2n) is 5.06. The van der Waals surface area contributed by atoms with Crippen LogP contribution in [0.25, 0.3) is 0 Å². The summed E-state index contributed by atoms with van der Waals surface area (Å²) in [5.74, 6) is -0.138. The lowest BCUT2D eigenvalue weighted by Crippen LogP contribution is -2.34. The third kappa shape index (κ3) is 3.42. The summed E-state index contributed by atoms with van der Waals surface area (Å²) < 4.78 is 0. The van der Waals surface area contributed by atoms with Crippen molar-refractivity contribution in [3.8, 4) is 0 Å². The molecule has 0 bridgehead atoms. The lowest BCUT2D eigenvalue weighted by Gasteiger charge is -2.36. The van der Waals surface area contributed by atoms with Gasteiger partial charge in [-0.2, -0.15) is 0 Å². The summed E-state index contributed by atoms with van der Waals surface area (Å²) in [6.07, 6.45) is 8.98. The summed E-state index contributed by atoms with van der Waals surface area (Å²) in [5.41, 5.74) is -0.136. The van der Waals surface area contributed by atoms with Crippen molar-refractivity contribution in [3.05, 3.63) is 18.5 Å². The van der Waals surface area contributed by atoms with Gasteiger partial charge in [0.05, 0.1) is 6.42 Å². The van der Waals surface area contributed by atoms with Crippen LogP contribution in [-0.4, -0.2) is 27.6 Å². The Morgan fingerprint density at radius 1 is 1.28 bits per heavy atom. The summed E-state index contributed by atoms with van der Waals surface area (Å²) in [6.45, 7) is 0.642. The minimum absolute atomic E-state index is 0.136. The van der Waals surface area contributed by atoms with Gasteiger partial charge in [0.15, 0.2) is 0 Å². The smallest absolute Gasteiger partial charge is 0.303 e. The lowest BCUT2D eigenvalue weighted by molar-refractivity contribution is -0.140. The fraction of sp³-hybridized carbons (Fsp3) is 0.615. The summed E-state index contributed by atoms with van der Waals surface area (Å²) in [5, 5.41) is 12.2. The highest BCUT2D eigenvalue weighted by Gasteiger charge is 2.34. The fourth-order valence-corrected chi connectivity index (χ4v) is 2.70. The van der Waals surface area contributed by atoms with Gasteiger partial charge in [-0.15, -0.1) is 0 Å². The molecule has 1 aliphatic rings. The number of carboxylic acids is 1. The Morgan fingerprint density at radius 2 is 1.94 bits per heavy atom. The first kappa shape index (κ1) is 12.8. The Morgan fingerprint density at radius 3 is 2.56 bits per heavy atom. The summed E-state index contributed by atoms with van der Waals surface area (Å²) >= 11 is 0. The molecule has 2 N–H and O–H groups in total. The van der Waals surface area contributed by atoms with Crippen LogP contribution in [0, 0.1) is 5.41 Å². The van der Waals surface area contributed by atoms with E-state index in [1.165, 1.54) is 6.42 Å². The van der Waals surface area contributed by atoms with Gasteiger partial charge in [-0.1, -0.05) is 19.3 Å². The number of hydrogen-bond donors (Lipinski definition) is 2. The van der Waals surface area contributed by atoms with Crippen molar-refractivity contribution in [3.63, 3.8) is 0 Å². The number of aliphatic carboxylic acids is 1. The van der Waals surface area contributed by atoms with Crippen molar-refractivity contribution in [2.45, 2.75) is 38.5 Å². The first-order valence-electron chi connectivity index (χ1n) is 6.43. The molecule has 5 heteroatoms. The molecule has 0 amide bonds. The van der Waals surface area contributed by atoms with Crippen molar-refractivity contribution in [2.24, 2.45) is 5.41 Å². The van der Waals surface area contributed by atoms with Crippen LogP contribution in [-0.2, 0) is 4.79 Å². The van der Waals surface area contributed by atoms with E-state index in [0.717, 1.165) is 25.7 Å². The Bertz CT molecular complexity index is 388. The number of carboxylic acid groups (broad SMARTS) is 1. The summed E-state index contributed by atoms with van der Waals surface area (Å²) in [6, 6.07) is 1.76. The van der Waals surface area contributed by atoms with Gasteiger partial charge in [0.1, 0.15) is 0 Å². The first-order chi connectivity index (χ1) is 8.70. The summed E-state index contributed by atoms with van der Waals surface area (Å²) in [7, 11) is 0. The molecular formula is C13H19N3O2. The molecule has 0 spiro atoms. The van der Waals surface area contributed by atoms with Gasteiger partial charge < -0.3 is 10.4 Å². The third-order valence-electron chi connectivity index (χ3n) is 3.63. The van der Waals surface area contributed by atoms with E-state index >= 15 is 0 Å². The summed E-state index contributed by atoms with van der Waals surface area (Å²) in [4.78, 5) is 19.2. The molecule has 0 radical (unpaired) electrons. The predicted molar refractivity (Wildman–Crippen MR) is 68.3 cm³/mol. The Kier molecular flexibility index (Phi) is 4.12. The molecule has 0 aliphatic heterocycles. The topological polar surface area (TPSA) is 75.1 Å². The zero-order valence-corrected chi connectivity index (χ0v) is 10.4. The number of nitrogens with zero attached hydrogens (tertiary/aromatic N) is 2. The van der Waals surface area contributed by atoms with Crippen molar-refractivity contribution in [1.82, 2.24) is 9.97 Å². The number of nitrogens with one attached hydrogen (secondary N) is 1. The van der Waals surface area contributed by atoms with Crippen LogP contribution < -0.4 is 5.32 Å². The number of carbonyl (C=O) groups is 1. The van der Waals surface area contributed by atoms with Gasteiger partial charge in [0, 0.05) is 18.9 Å². The van der Waals surface area contributed by atoms with Gasteiger partial charge in [0.2, 0.25) is 5.95 Å². The molecule has 0 unspecified atom stereocenters. The highest BCUT2D eigenvalue weighted by molar-refractivity contribution is 5.67. The molecule has 2 rings (SSSR count). The van der Waals surface area contributed by atoms with Crippen LogP contribution >= 0.6 is 0 Å². The zero-order chi connectivity index (χ0) is 12.8. The molecule has 1 aromatic heterocycles. The molecule has 1 heterocycles. The van der Waals surface area contributed by atoms with Crippen molar-refractivity contribution in [2.75, 3.05) is 11.9 Å². The maximum absolute atomic E-state index is 11.0. The monoisotopic (exact) mass is 249 g/mol. The van der Waals surface area contributed by atoms with E-state index in [0.29, 0.717) is 12.5 Å². The average Bonchev–Trinajstić information content (AvgIpc) is 2.38. The fourth-order valence-electron chi connectivity index (χ4n) is 2.70. The van der Waals surface area contributed by atoms with Gasteiger partial charge in [-0.3, -0.25) is 4.79 Å². The van der Waals surface area contributed by atoms with Crippen molar-refractivity contribution < 1.29 is 9.90 Å². The number of hydrogen-bond acceptors (Lipinski definition) is 4. The SMILES string of the molecule is O=C(O)CC1(CNc2ncccn2)CCCCC1. The molecule has 1 aromatic rings. The van der Waals surface area contributed by atoms with E-state index in [1.54, 1.807) is 18.5 Å². The first-order valence-corrected chi connectivity index (χ1v) is 6.43. The van der Waals surface area contributed by atoms with Crippen molar-refractivity contribution >= 4 is 11.9 Å². The van der Waals surface area contributed by atoms with Crippen LogP contribution in [0.5, 0.6) is 0 Å². The lowest BCUT2D eigenvalue weighted by atomic mass is 9.72. The van der Waals surface area contributed by atoms with Crippen LogP contribution in [0.15, 0.2) is 18.5 Å². The van der Waals surface area contributed by atoms with E-state index in [-0.39, 0.29) is 11.8 Å². The number of aromatic nitrogens is 2. The number of rotatable bonds is 5. The quantitative estimate of drug-likeness (QED) is 0.837. The highest BCUT2D eigenvalue weighted by Crippen LogP contribution is 2.39. The van der Waals surface area contributed by atoms with Gasteiger partial charge in [0.25, 0.3) is 0 Å². The van der Waals surface area contributed by atoms with Gasteiger partial charge in [-0.25, -0.2) is 9.97 Å². The number of anilines is 1. The van der Waals surface area contributed by atoms with Crippen molar-refractivity contribution in [1.29, 1.82) is 0 Å². The Hall–Kier alpha value is -1.65. The average molecular weight is 249 g/mol. The van der Waals surface area contributed by atoms with E-state index in [9.17, 15) is 4.79 Å². The third-order valence-corrected chi connectivity index (χ3v) is 3.63.